The van der Waals surface area contributed by atoms with Gasteiger partial charge in [-0.25, -0.2) is 0 Å². The van der Waals surface area contributed by atoms with Gasteiger partial charge in [0.05, 0.1) is 5.60 Å². The van der Waals surface area contributed by atoms with Gasteiger partial charge in [0.15, 0.2) is 0 Å². The Hall–Kier alpha value is -0.820. The second-order valence-corrected chi connectivity index (χ2v) is 7.99. The summed E-state index contributed by atoms with van der Waals surface area (Å²) in [7, 11) is 0. The van der Waals surface area contributed by atoms with Crippen LogP contribution in [-0.2, 0) is 5.60 Å². The summed E-state index contributed by atoms with van der Waals surface area (Å²) in [5.41, 5.74) is 2.69. The molecular formula is C20H28O. The quantitative estimate of drug-likeness (QED) is 0.783. The Labute approximate surface area is 128 Å². The molecule has 21 heavy (non-hydrogen) atoms. The fourth-order valence-electron chi connectivity index (χ4n) is 4.91. The van der Waals surface area contributed by atoms with E-state index >= 15 is 0 Å². The first-order chi connectivity index (χ1) is 10.2. The van der Waals surface area contributed by atoms with Gasteiger partial charge in [0, 0.05) is 0 Å². The molecule has 1 spiro atoms. The number of hydrogen-bond acceptors (Lipinski definition) is 1. The largest absolute Gasteiger partial charge is 0.385 e. The predicted molar refractivity (Wildman–Crippen MR) is 86.3 cm³/mol. The molecule has 0 aromatic heterocycles. The lowest BCUT2D eigenvalue weighted by molar-refractivity contribution is -0.0376. The Morgan fingerprint density at radius 2 is 1.38 bits per heavy atom. The zero-order valence-electron chi connectivity index (χ0n) is 13.1. The molecular weight excluding hydrogens is 256 g/mol. The molecule has 0 saturated heterocycles. The molecule has 0 aliphatic heterocycles. The van der Waals surface area contributed by atoms with E-state index in [4.69, 9.17) is 0 Å². The number of rotatable bonds is 2. The van der Waals surface area contributed by atoms with Gasteiger partial charge in [-0.2, -0.15) is 0 Å². The van der Waals surface area contributed by atoms with E-state index in [-0.39, 0.29) is 0 Å². The van der Waals surface area contributed by atoms with Crippen molar-refractivity contribution in [2.45, 2.75) is 82.1 Å². The Morgan fingerprint density at radius 3 is 1.90 bits per heavy atom. The first-order valence-electron chi connectivity index (χ1n) is 9.02. The summed E-state index contributed by atoms with van der Waals surface area (Å²) in [6, 6.07) is 8.97. The standard InChI is InChI=1S/C20H28O/c21-20(14-12-19(13-15-20)10-1-2-11-19)18-8-6-17(7-9-18)16-4-3-5-16/h6-9,16,21H,1-5,10-15H2. The van der Waals surface area contributed by atoms with E-state index in [1.807, 2.05) is 0 Å². The van der Waals surface area contributed by atoms with E-state index in [0.717, 1.165) is 18.8 Å². The molecule has 1 N–H and O–H groups in total. The lowest BCUT2D eigenvalue weighted by Crippen LogP contribution is -2.36. The van der Waals surface area contributed by atoms with Gasteiger partial charge in [-0.3, -0.25) is 0 Å². The highest BCUT2D eigenvalue weighted by atomic mass is 16.3. The van der Waals surface area contributed by atoms with Crippen LogP contribution in [0, 0.1) is 5.41 Å². The fraction of sp³-hybridized carbons (Fsp3) is 0.700. The zero-order chi connectivity index (χ0) is 14.3. The SMILES string of the molecule is OC1(c2ccc(C3CCC3)cc2)CCC2(CCCC2)CC1. The van der Waals surface area contributed by atoms with Crippen LogP contribution in [0.4, 0.5) is 0 Å². The second-order valence-electron chi connectivity index (χ2n) is 7.99. The predicted octanol–water partition coefficient (Wildman–Crippen LogP) is 5.28. The van der Waals surface area contributed by atoms with Gasteiger partial charge >= 0.3 is 0 Å². The maximum atomic E-state index is 11.1. The van der Waals surface area contributed by atoms with Crippen molar-refractivity contribution in [1.29, 1.82) is 0 Å². The lowest BCUT2D eigenvalue weighted by atomic mass is 9.66. The second kappa shape index (κ2) is 5.12. The van der Waals surface area contributed by atoms with Crippen molar-refractivity contribution in [2.75, 3.05) is 0 Å². The fourth-order valence-corrected chi connectivity index (χ4v) is 4.91. The molecule has 0 heterocycles. The van der Waals surface area contributed by atoms with Crippen molar-refractivity contribution in [1.82, 2.24) is 0 Å². The summed E-state index contributed by atoms with van der Waals surface area (Å²) in [5.74, 6) is 0.793. The zero-order valence-corrected chi connectivity index (χ0v) is 13.1. The van der Waals surface area contributed by atoms with Gasteiger partial charge in [-0.15, -0.1) is 0 Å². The summed E-state index contributed by atoms with van der Waals surface area (Å²) in [6.07, 6.45) is 14.1. The minimum Gasteiger partial charge on any atom is -0.385 e. The van der Waals surface area contributed by atoms with Crippen LogP contribution in [0.15, 0.2) is 24.3 Å². The van der Waals surface area contributed by atoms with Crippen LogP contribution in [0.3, 0.4) is 0 Å². The summed E-state index contributed by atoms with van der Waals surface area (Å²) in [5, 5.41) is 11.1. The minimum absolute atomic E-state index is 0.550. The Kier molecular flexibility index (Phi) is 3.37. The maximum Gasteiger partial charge on any atom is 0.0897 e. The summed E-state index contributed by atoms with van der Waals surface area (Å²) in [4.78, 5) is 0. The van der Waals surface area contributed by atoms with Gasteiger partial charge in [0.25, 0.3) is 0 Å². The van der Waals surface area contributed by atoms with Crippen molar-refractivity contribution in [3.63, 3.8) is 0 Å². The normalized spacial score (nSPS) is 27.7. The molecule has 1 heteroatoms. The molecule has 3 saturated carbocycles. The molecule has 4 rings (SSSR count). The van der Waals surface area contributed by atoms with Crippen LogP contribution in [-0.4, -0.2) is 5.11 Å². The summed E-state index contributed by atoms with van der Waals surface area (Å²) in [6.45, 7) is 0. The monoisotopic (exact) mass is 284 g/mol. The third-order valence-electron chi connectivity index (χ3n) is 6.83. The molecule has 114 valence electrons. The molecule has 1 aromatic carbocycles. The average Bonchev–Trinajstić information content (AvgIpc) is 2.91. The van der Waals surface area contributed by atoms with E-state index in [9.17, 15) is 5.11 Å². The van der Waals surface area contributed by atoms with Crippen LogP contribution in [0.1, 0.15) is 87.7 Å². The molecule has 0 bridgehead atoms. The smallest absolute Gasteiger partial charge is 0.0897 e. The van der Waals surface area contributed by atoms with E-state index in [0.29, 0.717) is 5.41 Å². The highest BCUT2D eigenvalue weighted by Gasteiger charge is 2.43. The van der Waals surface area contributed by atoms with E-state index < -0.39 is 5.60 Å². The molecule has 3 aliphatic carbocycles. The van der Waals surface area contributed by atoms with E-state index in [1.54, 1.807) is 0 Å². The molecule has 0 atom stereocenters. The first-order valence-corrected chi connectivity index (χ1v) is 9.02. The molecule has 3 aliphatic rings. The van der Waals surface area contributed by atoms with Gasteiger partial charge in [0.2, 0.25) is 0 Å². The Morgan fingerprint density at radius 1 is 0.762 bits per heavy atom. The lowest BCUT2D eigenvalue weighted by Gasteiger charge is -2.42. The molecule has 0 radical (unpaired) electrons. The van der Waals surface area contributed by atoms with Crippen LogP contribution >= 0.6 is 0 Å². The third-order valence-corrected chi connectivity index (χ3v) is 6.83. The third kappa shape index (κ3) is 2.44. The molecule has 0 unspecified atom stereocenters. The van der Waals surface area contributed by atoms with Crippen LogP contribution < -0.4 is 0 Å². The maximum absolute atomic E-state index is 11.1. The van der Waals surface area contributed by atoms with Crippen molar-refractivity contribution in [3.8, 4) is 0 Å². The number of hydrogen-bond donors (Lipinski definition) is 1. The Bertz CT molecular complexity index is 481. The highest BCUT2D eigenvalue weighted by Crippen LogP contribution is 2.53. The van der Waals surface area contributed by atoms with E-state index in [1.165, 1.54) is 68.9 Å². The van der Waals surface area contributed by atoms with Gasteiger partial charge in [0.1, 0.15) is 0 Å². The van der Waals surface area contributed by atoms with Crippen molar-refractivity contribution in [2.24, 2.45) is 5.41 Å². The van der Waals surface area contributed by atoms with Gasteiger partial charge in [-0.05, 0) is 73.8 Å². The highest BCUT2D eigenvalue weighted by molar-refractivity contribution is 5.30. The van der Waals surface area contributed by atoms with Crippen molar-refractivity contribution >= 4 is 0 Å². The van der Waals surface area contributed by atoms with Crippen LogP contribution in [0.2, 0.25) is 0 Å². The minimum atomic E-state index is -0.550. The summed E-state index contributed by atoms with van der Waals surface area (Å²) < 4.78 is 0. The van der Waals surface area contributed by atoms with Gasteiger partial charge < -0.3 is 5.11 Å². The van der Waals surface area contributed by atoms with Crippen LogP contribution in [0.25, 0.3) is 0 Å². The number of benzene rings is 1. The topological polar surface area (TPSA) is 20.2 Å². The van der Waals surface area contributed by atoms with Crippen molar-refractivity contribution < 1.29 is 5.11 Å². The summed E-state index contributed by atoms with van der Waals surface area (Å²) >= 11 is 0. The molecule has 0 amide bonds. The number of aliphatic hydroxyl groups is 1. The first kappa shape index (κ1) is 13.8. The molecule has 1 aromatic rings. The average molecular weight is 284 g/mol. The Balaban J connectivity index is 1.47. The van der Waals surface area contributed by atoms with Gasteiger partial charge in [-0.1, -0.05) is 43.5 Å². The van der Waals surface area contributed by atoms with E-state index in [2.05, 4.69) is 24.3 Å². The molecule has 3 fully saturated rings. The van der Waals surface area contributed by atoms with Crippen LogP contribution in [0.5, 0.6) is 0 Å². The van der Waals surface area contributed by atoms with Crippen molar-refractivity contribution in [3.05, 3.63) is 35.4 Å². The molecule has 1 nitrogen and oxygen atoms in total.